The maximum absolute atomic E-state index is 10.1. The van der Waals surface area contributed by atoms with Crippen molar-refractivity contribution in [2.24, 2.45) is 5.73 Å². The number of hydrogen-bond donors (Lipinski definition) is 2. The molecule has 1 unspecified atom stereocenters. The van der Waals surface area contributed by atoms with Gasteiger partial charge >= 0.3 is 0 Å². The molecule has 2 nitrogen and oxygen atoms in total. The Morgan fingerprint density at radius 3 is 2.76 bits per heavy atom. The van der Waals surface area contributed by atoms with Gasteiger partial charge in [-0.25, -0.2) is 0 Å². The van der Waals surface area contributed by atoms with Crippen molar-refractivity contribution < 1.29 is 5.11 Å². The van der Waals surface area contributed by atoms with E-state index in [9.17, 15) is 5.11 Å². The standard InChI is InChI=1S/C14H20ClNO/c1-9(16)7-11-8-10-5-3-2-4-6-12(10)13(15)14(11)17/h8-9,17H,2-7,16H2,1H3. The fraction of sp³-hybridized carbons (Fsp3) is 0.571. The molecular formula is C14H20ClNO. The maximum Gasteiger partial charge on any atom is 0.137 e. The Bertz CT molecular complexity index is 415. The second kappa shape index (κ2) is 5.28. The molecule has 17 heavy (non-hydrogen) atoms. The molecule has 0 aromatic heterocycles. The number of fused-ring (bicyclic) bond motifs is 1. The highest BCUT2D eigenvalue weighted by Crippen LogP contribution is 2.37. The van der Waals surface area contributed by atoms with Crippen molar-refractivity contribution in [1.82, 2.24) is 0 Å². The van der Waals surface area contributed by atoms with Crippen LogP contribution in [0.4, 0.5) is 0 Å². The van der Waals surface area contributed by atoms with Crippen LogP contribution in [0.3, 0.4) is 0 Å². The Labute approximate surface area is 108 Å². The molecule has 2 rings (SSSR count). The maximum atomic E-state index is 10.1. The molecule has 1 atom stereocenters. The first-order valence-electron chi connectivity index (χ1n) is 6.37. The van der Waals surface area contributed by atoms with Crippen LogP contribution in [0.15, 0.2) is 6.07 Å². The van der Waals surface area contributed by atoms with Gasteiger partial charge in [-0.05, 0) is 55.7 Å². The second-order valence-electron chi connectivity index (χ2n) is 5.08. The van der Waals surface area contributed by atoms with E-state index in [1.165, 1.54) is 24.8 Å². The smallest absolute Gasteiger partial charge is 0.137 e. The zero-order valence-corrected chi connectivity index (χ0v) is 11.1. The number of nitrogens with two attached hydrogens (primary N) is 1. The Balaban J connectivity index is 2.43. The largest absolute Gasteiger partial charge is 0.506 e. The Morgan fingerprint density at radius 2 is 2.06 bits per heavy atom. The molecular weight excluding hydrogens is 234 g/mol. The predicted molar refractivity (Wildman–Crippen MR) is 71.7 cm³/mol. The molecule has 94 valence electrons. The van der Waals surface area contributed by atoms with E-state index in [0.717, 1.165) is 24.0 Å². The summed E-state index contributed by atoms with van der Waals surface area (Å²) in [5, 5.41) is 10.7. The summed E-state index contributed by atoms with van der Waals surface area (Å²) in [6, 6.07) is 2.14. The fourth-order valence-corrected chi connectivity index (χ4v) is 2.92. The Morgan fingerprint density at radius 1 is 1.35 bits per heavy atom. The van der Waals surface area contributed by atoms with Crippen molar-refractivity contribution in [2.75, 3.05) is 0 Å². The zero-order chi connectivity index (χ0) is 12.4. The quantitative estimate of drug-likeness (QED) is 0.795. The average molecular weight is 254 g/mol. The van der Waals surface area contributed by atoms with Crippen LogP contribution < -0.4 is 5.73 Å². The average Bonchev–Trinajstić information content (AvgIpc) is 2.50. The lowest BCUT2D eigenvalue weighted by atomic mass is 9.96. The number of aromatic hydroxyl groups is 1. The number of phenolic OH excluding ortho intramolecular Hbond substituents is 1. The molecule has 1 aromatic carbocycles. The highest BCUT2D eigenvalue weighted by Gasteiger charge is 2.18. The highest BCUT2D eigenvalue weighted by atomic mass is 35.5. The summed E-state index contributed by atoms with van der Waals surface area (Å²) in [5.41, 5.74) is 9.14. The van der Waals surface area contributed by atoms with E-state index in [-0.39, 0.29) is 11.8 Å². The molecule has 0 fully saturated rings. The molecule has 0 aliphatic heterocycles. The van der Waals surface area contributed by atoms with Gasteiger partial charge in [-0.15, -0.1) is 0 Å². The van der Waals surface area contributed by atoms with E-state index in [2.05, 4.69) is 6.07 Å². The van der Waals surface area contributed by atoms with Gasteiger partial charge in [-0.3, -0.25) is 0 Å². The van der Waals surface area contributed by atoms with Crippen LogP contribution >= 0.6 is 11.6 Å². The number of rotatable bonds is 2. The van der Waals surface area contributed by atoms with Crippen LogP contribution in [0.2, 0.25) is 5.02 Å². The lowest BCUT2D eigenvalue weighted by Gasteiger charge is -2.15. The lowest BCUT2D eigenvalue weighted by Crippen LogP contribution is -2.18. The summed E-state index contributed by atoms with van der Waals surface area (Å²) >= 11 is 6.28. The van der Waals surface area contributed by atoms with Gasteiger partial charge in [-0.2, -0.15) is 0 Å². The Kier molecular flexibility index (Phi) is 3.95. The summed E-state index contributed by atoms with van der Waals surface area (Å²) in [4.78, 5) is 0. The van der Waals surface area contributed by atoms with Gasteiger partial charge in [0.25, 0.3) is 0 Å². The zero-order valence-electron chi connectivity index (χ0n) is 10.3. The topological polar surface area (TPSA) is 46.2 Å². The minimum atomic E-state index is 0.0424. The number of benzene rings is 1. The van der Waals surface area contributed by atoms with Gasteiger partial charge in [-0.1, -0.05) is 24.1 Å². The van der Waals surface area contributed by atoms with Crippen LogP contribution in [-0.4, -0.2) is 11.1 Å². The third kappa shape index (κ3) is 2.75. The SMILES string of the molecule is CC(N)Cc1cc2c(c(Cl)c1O)CCCCC2. The second-order valence-corrected chi connectivity index (χ2v) is 5.46. The lowest BCUT2D eigenvalue weighted by molar-refractivity contribution is 0.465. The summed E-state index contributed by atoms with van der Waals surface area (Å²) in [7, 11) is 0. The highest BCUT2D eigenvalue weighted by molar-refractivity contribution is 6.33. The molecule has 0 spiro atoms. The summed E-state index contributed by atoms with van der Waals surface area (Å²) in [6.45, 7) is 1.94. The molecule has 3 N–H and O–H groups in total. The molecule has 0 saturated heterocycles. The summed E-state index contributed by atoms with van der Waals surface area (Å²) < 4.78 is 0. The van der Waals surface area contributed by atoms with Crippen molar-refractivity contribution in [3.8, 4) is 5.75 Å². The minimum absolute atomic E-state index is 0.0424. The van der Waals surface area contributed by atoms with E-state index >= 15 is 0 Å². The number of halogens is 1. The van der Waals surface area contributed by atoms with E-state index in [1.807, 2.05) is 6.92 Å². The number of phenols is 1. The van der Waals surface area contributed by atoms with Crippen molar-refractivity contribution >= 4 is 11.6 Å². The molecule has 1 aliphatic rings. The van der Waals surface area contributed by atoms with Crippen molar-refractivity contribution in [3.05, 3.63) is 27.8 Å². The monoisotopic (exact) mass is 253 g/mol. The normalized spacial score (nSPS) is 17.4. The molecule has 1 aromatic rings. The van der Waals surface area contributed by atoms with Gasteiger partial charge in [0.2, 0.25) is 0 Å². The van der Waals surface area contributed by atoms with Gasteiger partial charge in [0.15, 0.2) is 0 Å². The first-order chi connectivity index (χ1) is 8.09. The van der Waals surface area contributed by atoms with E-state index in [4.69, 9.17) is 17.3 Å². The molecule has 3 heteroatoms. The molecule has 0 saturated carbocycles. The first-order valence-corrected chi connectivity index (χ1v) is 6.75. The molecule has 0 heterocycles. The van der Waals surface area contributed by atoms with Crippen LogP contribution in [0.5, 0.6) is 5.75 Å². The van der Waals surface area contributed by atoms with Crippen LogP contribution in [0.25, 0.3) is 0 Å². The number of aryl methyl sites for hydroxylation is 1. The van der Waals surface area contributed by atoms with Crippen LogP contribution in [-0.2, 0) is 19.3 Å². The summed E-state index contributed by atoms with van der Waals surface area (Å²) in [6.07, 6.45) is 6.36. The van der Waals surface area contributed by atoms with E-state index in [0.29, 0.717) is 11.4 Å². The van der Waals surface area contributed by atoms with Crippen LogP contribution in [0.1, 0.15) is 42.9 Å². The van der Waals surface area contributed by atoms with Crippen molar-refractivity contribution in [3.63, 3.8) is 0 Å². The minimum Gasteiger partial charge on any atom is -0.506 e. The third-order valence-electron chi connectivity index (χ3n) is 3.43. The van der Waals surface area contributed by atoms with Gasteiger partial charge in [0, 0.05) is 6.04 Å². The summed E-state index contributed by atoms with van der Waals surface area (Å²) in [5.74, 6) is 0.240. The predicted octanol–water partition coefficient (Wildman–Crippen LogP) is 3.20. The molecule has 1 aliphatic carbocycles. The Hall–Kier alpha value is -0.730. The fourth-order valence-electron chi connectivity index (χ4n) is 2.58. The van der Waals surface area contributed by atoms with Gasteiger partial charge < -0.3 is 10.8 Å². The molecule has 0 bridgehead atoms. The van der Waals surface area contributed by atoms with E-state index in [1.54, 1.807) is 0 Å². The van der Waals surface area contributed by atoms with E-state index < -0.39 is 0 Å². The molecule has 0 radical (unpaired) electrons. The van der Waals surface area contributed by atoms with Gasteiger partial charge in [0.1, 0.15) is 5.75 Å². The third-order valence-corrected chi connectivity index (χ3v) is 3.84. The van der Waals surface area contributed by atoms with Crippen molar-refractivity contribution in [2.45, 2.75) is 51.5 Å². The first kappa shape index (κ1) is 12.7. The van der Waals surface area contributed by atoms with Crippen molar-refractivity contribution in [1.29, 1.82) is 0 Å². The number of hydrogen-bond acceptors (Lipinski definition) is 2. The van der Waals surface area contributed by atoms with Gasteiger partial charge in [0.05, 0.1) is 5.02 Å². The molecule has 0 amide bonds. The van der Waals surface area contributed by atoms with Crippen LogP contribution in [0, 0.1) is 0 Å².